The van der Waals surface area contributed by atoms with Crippen LogP contribution < -0.4 is 0 Å². The maximum Gasteiger partial charge on any atom is 0.173 e. The summed E-state index contributed by atoms with van der Waals surface area (Å²) in [5, 5.41) is 0.636. The molecule has 0 fully saturated rings. The highest BCUT2D eigenvalue weighted by Crippen LogP contribution is 2.40. The molecule has 0 spiro atoms. The van der Waals surface area contributed by atoms with Gasteiger partial charge in [-0.1, -0.05) is 74.8 Å². The zero-order chi connectivity index (χ0) is 16.2. The normalized spacial score (nSPS) is 10.7. The van der Waals surface area contributed by atoms with Gasteiger partial charge in [0, 0.05) is 16.1 Å². The molecule has 3 rings (SSSR count). The van der Waals surface area contributed by atoms with E-state index in [9.17, 15) is 4.79 Å². The molecule has 0 saturated carbocycles. The highest BCUT2D eigenvalue weighted by Gasteiger charge is 2.14. The van der Waals surface area contributed by atoms with Crippen molar-refractivity contribution in [1.82, 2.24) is 0 Å². The van der Waals surface area contributed by atoms with Gasteiger partial charge < -0.3 is 0 Å². The minimum absolute atomic E-state index is 0.0926. The number of halogens is 1. The van der Waals surface area contributed by atoms with E-state index in [2.05, 4.69) is 12.1 Å². The van der Waals surface area contributed by atoms with E-state index < -0.39 is 0 Å². The summed E-state index contributed by atoms with van der Waals surface area (Å²) in [5.41, 5.74) is 2.86. The molecule has 0 bridgehead atoms. The number of ketones is 1. The smallest absolute Gasteiger partial charge is 0.173 e. The largest absolute Gasteiger partial charge is 0.293 e. The van der Waals surface area contributed by atoms with Crippen molar-refractivity contribution in [2.24, 2.45) is 0 Å². The Morgan fingerprint density at radius 3 is 2.43 bits per heavy atom. The molecule has 23 heavy (non-hydrogen) atoms. The molecular formula is C17H11ClOS4. The summed E-state index contributed by atoms with van der Waals surface area (Å²) in [6.45, 7) is 0. The van der Waals surface area contributed by atoms with Gasteiger partial charge in [-0.3, -0.25) is 4.79 Å². The summed E-state index contributed by atoms with van der Waals surface area (Å²) in [7, 11) is 3.22. The Bertz CT molecular complexity index is 866. The predicted molar refractivity (Wildman–Crippen MR) is 105 cm³/mol. The first-order valence-electron chi connectivity index (χ1n) is 6.75. The van der Waals surface area contributed by atoms with Crippen molar-refractivity contribution in [2.45, 2.75) is 4.21 Å². The minimum Gasteiger partial charge on any atom is -0.293 e. The van der Waals surface area contributed by atoms with Gasteiger partial charge in [0.05, 0.1) is 9.96 Å². The van der Waals surface area contributed by atoms with Gasteiger partial charge in [-0.25, -0.2) is 0 Å². The van der Waals surface area contributed by atoms with Crippen molar-refractivity contribution in [3.8, 4) is 11.1 Å². The molecule has 0 N–H and O–H groups in total. The van der Waals surface area contributed by atoms with Gasteiger partial charge in [-0.05, 0) is 29.8 Å². The van der Waals surface area contributed by atoms with Crippen molar-refractivity contribution in [3.63, 3.8) is 0 Å². The highest BCUT2D eigenvalue weighted by molar-refractivity contribution is 8.03. The van der Waals surface area contributed by atoms with Crippen molar-refractivity contribution in [1.29, 1.82) is 0 Å². The monoisotopic (exact) mass is 394 g/mol. The van der Waals surface area contributed by atoms with Crippen LogP contribution in [-0.4, -0.2) is 11.5 Å². The molecule has 116 valence electrons. The molecule has 6 heteroatoms. The lowest BCUT2D eigenvalue weighted by Gasteiger charge is -2.04. The fourth-order valence-corrected chi connectivity index (χ4v) is 6.55. The van der Waals surface area contributed by atoms with Crippen molar-refractivity contribution in [3.05, 3.63) is 69.0 Å². The molecule has 3 aromatic rings. The minimum atomic E-state index is 0.0926. The molecule has 0 aliphatic heterocycles. The number of carbonyl (C=O) groups excluding carboxylic acids is 1. The second-order valence-electron chi connectivity index (χ2n) is 4.70. The van der Waals surface area contributed by atoms with E-state index in [1.165, 1.54) is 0 Å². The molecule has 0 amide bonds. The fraction of sp³-hybridized carbons (Fsp3) is 0.0588. The quantitative estimate of drug-likeness (QED) is 0.204. The molecule has 1 aromatic heterocycles. The molecule has 1 heterocycles. The molecule has 0 radical (unpaired) electrons. The number of benzene rings is 2. The Balaban J connectivity index is 1.78. The summed E-state index contributed by atoms with van der Waals surface area (Å²) in [6.07, 6.45) is 0. The maximum atomic E-state index is 12.3. The third kappa shape index (κ3) is 4.11. The van der Waals surface area contributed by atoms with Crippen LogP contribution in [-0.2, 0) is 0 Å². The first-order chi connectivity index (χ1) is 11.1. The van der Waals surface area contributed by atoms with Crippen molar-refractivity contribution in [2.75, 3.05) is 5.75 Å². The van der Waals surface area contributed by atoms with Gasteiger partial charge in [0.15, 0.2) is 5.78 Å². The second-order valence-corrected chi connectivity index (χ2v) is 9.20. The van der Waals surface area contributed by atoms with Gasteiger partial charge in [0.2, 0.25) is 0 Å². The zero-order valence-corrected chi connectivity index (χ0v) is 15.8. The van der Waals surface area contributed by atoms with Gasteiger partial charge in [0.25, 0.3) is 0 Å². The summed E-state index contributed by atoms with van der Waals surface area (Å²) >= 11 is 12.9. The average molecular weight is 395 g/mol. The molecule has 0 aliphatic rings. The summed E-state index contributed by atoms with van der Waals surface area (Å²) < 4.78 is 1.98. The SMILES string of the molecule is O=C(CSc1ssc(=S)c1-c1ccccc1)c1ccc(Cl)cc1. The van der Waals surface area contributed by atoms with E-state index in [1.807, 2.05) is 18.2 Å². The van der Waals surface area contributed by atoms with Crippen molar-refractivity contribution >= 4 is 62.0 Å². The van der Waals surface area contributed by atoms with Crippen molar-refractivity contribution < 1.29 is 4.79 Å². The van der Waals surface area contributed by atoms with Gasteiger partial charge in [-0.2, -0.15) is 0 Å². The van der Waals surface area contributed by atoms with Gasteiger partial charge >= 0.3 is 0 Å². The lowest BCUT2D eigenvalue weighted by Crippen LogP contribution is -2.01. The van der Waals surface area contributed by atoms with Gasteiger partial charge in [0.1, 0.15) is 3.82 Å². The Morgan fingerprint density at radius 1 is 1.04 bits per heavy atom. The number of hydrogen-bond acceptors (Lipinski definition) is 5. The first kappa shape index (κ1) is 16.9. The standard InChI is InChI=1S/C17H11ClOS4/c18-13-8-6-11(7-9-13)14(19)10-21-17-15(16(20)22-23-17)12-4-2-1-3-5-12/h1-9H,10H2. The Kier molecular flexibility index (Phi) is 5.67. The maximum absolute atomic E-state index is 12.3. The number of hydrogen-bond donors (Lipinski definition) is 0. The first-order valence-corrected chi connectivity index (χ1v) is 10.7. The van der Waals surface area contributed by atoms with E-state index >= 15 is 0 Å². The van der Waals surface area contributed by atoms with E-state index in [4.69, 9.17) is 23.8 Å². The molecule has 2 aromatic carbocycles. The lowest BCUT2D eigenvalue weighted by atomic mass is 10.1. The summed E-state index contributed by atoms with van der Waals surface area (Å²) in [6, 6.07) is 17.1. The molecule has 0 saturated heterocycles. The Labute approximate surface area is 156 Å². The zero-order valence-electron chi connectivity index (χ0n) is 11.8. The number of thioether (sulfide) groups is 1. The van der Waals surface area contributed by atoms with E-state index in [1.54, 1.807) is 56.7 Å². The van der Waals surface area contributed by atoms with Crippen LogP contribution in [0.15, 0.2) is 58.8 Å². The third-order valence-corrected chi connectivity index (χ3v) is 8.02. The van der Waals surface area contributed by atoms with Crippen LogP contribution >= 0.6 is 56.3 Å². The molecule has 0 unspecified atom stereocenters. The van der Waals surface area contributed by atoms with Crippen LogP contribution in [0.3, 0.4) is 0 Å². The fourth-order valence-electron chi connectivity index (χ4n) is 2.03. The molecule has 0 atom stereocenters. The molecular weight excluding hydrogens is 384 g/mol. The van der Waals surface area contributed by atoms with E-state index in [-0.39, 0.29) is 5.78 Å². The topological polar surface area (TPSA) is 17.1 Å². The van der Waals surface area contributed by atoms with Crippen LogP contribution in [0.1, 0.15) is 10.4 Å². The molecule has 0 aliphatic carbocycles. The summed E-state index contributed by atoms with van der Waals surface area (Å²) in [5.74, 6) is 0.485. The Morgan fingerprint density at radius 2 is 1.74 bits per heavy atom. The number of Topliss-reactive ketones (excluding diaryl/α,β-unsaturated/α-hetero) is 1. The predicted octanol–water partition coefficient (Wildman–Crippen LogP) is 6.83. The second kappa shape index (κ2) is 7.73. The van der Waals surface area contributed by atoms with E-state index in [0.29, 0.717) is 16.3 Å². The lowest BCUT2D eigenvalue weighted by molar-refractivity contribution is 0.102. The third-order valence-electron chi connectivity index (χ3n) is 3.16. The highest BCUT2D eigenvalue weighted by atomic mass is 35.5. The van der Waals surface area contributed by atoms with Crippen LogP contribution in [0, 0.1) is 3.82 Å². The van der Waals surface area contributed by atoms with E-state index in [0.717, 1.165) is 19.2 Å². The van der Waals surface area contributed by atoms with Crippen LogP contribution in [0.5, 0.6) is 0 Å². The van der Waals surface area contributed by atoms with Crippen LogP contribution in [0.4, 0.5) is 0 Å². The van der Waals surface area contributed by atoms with Gasteiger partial charge in [-0.15, -0.1) is 11.8 Å². The number of carbonyl (C=O) groups is 1. The van der Waals surface area contributed by atoms with Crippen LogP contribution in [0.25, 0.3) is 11.1 Å². The average Bonchev–Trinajstić information content (AvgIpc) is 2.95. The summed E-state index contributed by atoms with van der Waals surface area (Å²) in [4.78, 5) is 12.3. The number of rotatable bonds is 5. The Hall–Kier alpha value is -0.980. The molecule has 1 nitrogen and oxygen atoms in total. The van der Waals surface area contributed by atoms with Crippen LogP contribution in [0.2, 0.25) is 5.02 Å².